The highest BCUT2D eigenvalue weighted by Crippen LogP contribution is 2.39. The van der Waals surface area contributed by atoms with Crippen LogP contribution in [-0.2, 0) is 21.3 Å². The number of sulfonamides is 1. The number of hydrogen-bond donors (Lipinski definition) is 1. The molecule has 0 amide bonds. The first kappa shape index (κ1) is 25.2. The second kappa shape index (κ2) is 10.5. The van der Waals surface area contributed by atoms with Crippen LogP contribution in [0.25, 0.3) is 0 Å². The smallest absolute Gasteiger partial charge is 0.245 e. The van der Waals surface area contributed by atoms with Gasteiger partial charge in [-0.2, -0.15) is 9.40 Å². The summed E-state index contributed by atoms with van der Waals surface area (Å²) in [5.41, 5.74) is 2.46. The van der Waals surface area contributed by atoms with Gasteiger partial charge < -0.3 is 10.1 Å². The topological polar surface area (TPSA) is 76.5 Å². The van der Waals surface area contributed by atoms with E-state index in [1.54, 1.807) is 31.3 Å². The third kappa shape index (κ3) is 5.59. The molecule has 0 spiro atoms. The first-order valence-electron chi connectivity index (χ1n) is 12.2. The fourth-order valence-corrected chi connectivity index (χ4v) is 6.46. The molecule has 0 bridgehead atoms. The average Bonchev–Trinajstić information content (AvgIpc) is 3.63. The molecule has 1 aromatic heterocycles. The van der Waals surface area contributed by atoms with E-state index in [1.165, 1.54) is 35.3 Å². The molecule has 3 aromatic rings. The number of hydrogen-bond acceptors (Lipinski definition) is 5. The Morgan fingerprint density at radius 3 is 2.69 bits per heavy atom. The van der Waals surface area contributed by atoms with Gasteiger partial charge in [0.1, 0.15) is 10.7 Å². The third-order valence-electron chi connectivity index (χ3n) is 6.93. The lowest BCUT2D eigenvalue weighted by atomic mass is 9.97. The second-order valence-corrected chi connectivity index (χ2v) is 11.9. The van der Waals surface area contributed by atoms with Gasteiger partial charge in [-0.1, -0.05) is 23.7 Å². The van der Waals surface area contributed by atoms with Crippen LogP contribution in [0, 0.1) is 5.82 Å². The lowest BCUT2D eigenvalue weighted by Gasteiger charge is -2.35. The molecule has 2 atom stereocenters. The van der Waals surface area contributed by atoms with E-state index in [4.69, 9.17) is 16.3 Å². The van der Waals surface area contributed by atoms with Crippen molar-refractivity contribution in [3.05, 3.63) is 76.8 Å². The van der Waals surface area contributed by atoms with Crippen LogP contribution in [0.3, 0.4) is 0 Å². The van der Waals surface area contributed by atoms with E-state index in [0.29, 0.717) is 49.2 Å². The van der Waals surface area contributed by atoms with E-state index in [1.807, 2.05) is 10.9 Å². The summed E-state index contributed by atoms with van der Waals surface area (Å²) >= 11 is 6.22. The Kier molecular flexibility index (Phi) is 7.35. The van der Waals surface area contributed by atoms with Crippen LogP contribution < -0.4 is 5.32 Å². The van der Waals surface area contributed by atoms with Crippen LogP contribution in [-0.4, -0.2) is 48.7 Å². The van der Waals surface area contributed by atoms with Crippen LogP contribution in [0.15, 0.2) is 59.6 Å². The molecule has 2 fully saturated rings. The summed E-state index contributed by atoms with van der Waals surface area (Å²) in [6.45, 7) is 1.55. The highest BCUT2D eigenvalue weighted by molar-refractivity contribution is 7.89. The van der Waals surface area contributed by atoms with Crippen molar-refractivity contribution in [3.8, 4) is 0 Å². The number of ether oxygens (including phenoxy) is 1. The molecule has 2 unspecified atom stereocenters. The molecule has 36 heavy (non-hydrogen) atoms. The van der Waals surface area contributed by atoms with Crippen molar-refractivity contribution in [2.24, 2.45) is 0 Å². The highest BCUT2D eigenvalue weighted by atomic mass is 35.5. The van der Waals surface area contributed by atoms with Crippen LogP contribution in [0.2, 0.25) is 5.02 Å². The maximum atomic E-state index is 13.7. The molecule has 2 heterocycles. The second-order valence-electron chi connectivity index (χ2n) is 9.46. The molecule has 10 heteroatoms. The Labute approximate surface area is 216 Å². The quantitative estimate of drug-likeness (QED) is 0.409. The molecular weight excluding hydrogens is 503 g/mol. The number of nitrogens with zero attached hydrogens (tertiary/aromatic N) is 3. The summed E-state index contributed by atoms with van der Waals surface area (Å²) in [6, 6.07) is 12.8. The summed E-state index contributed by atoms with van der Waals surface area (Å²) in [5.74, 6) is 0.276. The minimum Gasteiger partial charge on any atom is -0.382 e. The zero-order valence-corrected chi connectivity index (χ0v) is 21.7. The molecular formula is C26H30ClFN4O3S. The molecule has 0 radical (unpaired) electrons. The van der Waals surface area contributed by atoms with E-state index in [-0.39, 0.29) is 22.9 Å². The predicted octanol–water partition coefficient (Wildman–Crippen LogP) is 5.21. The van der Waals surface area contributed by atoms with Gasteiger partial charge in [0, 0.05) is 43.4 Å². The number of halogens is 2. The Balaban J connectivity index is 1.29. The van der Waals surface area contributed by atoms with E-state index < -0.39 is 10.0 Å². The molecule has 1 N–H and O–H groups in total. The highest BCUT2D eigenvalue weighted by Gasteiger charge is 2.34. The first-order valence-corrected chi connectivity index (χ1v) is 14.0. The van der Waals surface area contributed by atoms with Crippen molar-refractivity contribution in [1.82, 2.24) is 14.1 Å². The van der Waals surface area contributed by atoms with Crippen LogP contribution in [0.4, 0.5) is 10.1 Å². The summed E-state index contributed by atoms with van der Waals surface area (Å²) in [4.78, 5) is 0.140. The van der Waals surface area contributed by atoms with E-state index in [2.05, 4.69) is 16.5 Å². The maximum absolute atomic E-state index is 13.7. The SMILES string of the molecule is CN(C1CCOC(c2ccc(F)cc2)C1)S(=O)(=O)c1cc(Cl)ccc1NCCn1ccc(C2CC2)n1. The Morgan fingerprint density at radius 1 is 1.17 bits per heavy atom. The average molecular weight is 533 g/mol. The number of nitrogens with one attached hydrogen (secondary N) is 1. The van der Waals surface area contributed by atoms with Crippen LogP contribution in [0.5, 0.6) is 0 Å². The van der Waals surface area contributed by atoms with Crippen molar-refractivity contribution in [3.63, 3.8) is 0 Å². The Bertz CT molecular complexity index is 1310. The van der Waals surface area contributed by atoms with Crippen molar-refractivity contribution < 1.29 is 17.5 Å². The fraction of sp³-hybridized carbons (Fsp3) is 0.423. The monoisotopic (exact) mass is 532 g/mol. The minimum atomic E-state index is -3.85. The number of aromatic nitrogens is 2. The number of rotatable bonds is 9. The number of anilines is 1. The Morgan fingerprint density at radius 2 is 1.94 bits per heavy atom. The molecule has 7 nitrogen and oxygen atoms in total. The maximum Gasteiger partial charge on any atom is 0.245 e. The van der Waals surface area contributed by atoms with Crippen molar-refractivity contribution in [2.75, 3.05) is 25.5 Å². The van der Waals surface area contributed by atoms with Crippen LogP contribution in [0.1, 0.15) is 49.0 Å². The zero-order chi connectivity index (χ0) is 25.3. The standard InChI is InChI=1S/C26H30ClFN4O3S/c1-31(22-11-15-35-25(17-22)19-4-7-21(28)8-5-19)36(33,34)26-16-20(27)6-9-24(26)29-12-14-32-13-10-23(30-32)18-2-3-18/h4-10,13,16,18,22,25,29H,2-3,11-12,14-15,17H2,1H3. The summed E-state index contributed by atoms with van der Waals surface area (Å²) < 4.78 is 50.0. The normalized spacial score (nSPS) is 20.6. The van der Waals surface area contributed by atoms with Gasteiger partial charge in [0.05, 0.1) is 24.0 Å². The van der Waals surface area contributed by atoms with Gasteiger partial charge >= 0.3 is 0 Å². The zero-order valence-electron chi connectivity index (χ0n) is 20.1. The molecule has 2 aromatic carbocycles. The molecule has 1 saturated carbocycles. The minimum absolute atomic E-state index is 0.140. The van der Waals surface area contributed by atoms with Gasteiger partial charge in [0.15, 0.2) is 0 Å². The molecule has 5 rings (SSSR count). The fourth-order valence-electron chi connectivity index (χ4n) is 4.63. The van der Waals surface area contributed by atoms with E-state index in [0.717, 1.165) is 11.3 Å². The lowest BCUT2D eigenvalue weighted by molar-refractivity contribution is -0.0104. The van der Waals surface area contributed by atoms with Gasteiger partial charge in [-0.25, -0.2) is 12.8 Å². The van der Waals surface area contributed by atoms with Gasteiger partial charge in [0.25, 0.3) is 0 Å². The lowest BCUT2D eigenvalue weighted by Crippen LogP contribution is -2.41. The van der Waals surface area contributed by atoms with Gasteiger partial charge in [0.2, 0.25) is 10.0 Å². The molecule has 192 valence electrons. The van der Waals surface area contributed by atoms with Crippen LogP contribution >= 0.6 is 11.6 Å². The van der Waals surface area contributed by atoms with Crippen molar-refractivity contribution in [2.45, 2.75) is 55.2 Å². The third-order valence-corrected chi connectivity index (χ3v) is 9.11. The summed E-state index contributed by atoms with van der Waals surface area (Å²) in [6.07, 6.45) is 5.12. The number of benzene rings is 2. The van der Waals surface area contributed by atoms with Gasteiger partial charge in [-0.3, -0.25) is 4.68 Å². The van der Waals surface area contributed by atoms with Gasteiger partial charge in [-0.05, 0) is 67.6 Å². The summed E-state index contributed by atoms with van der Waals surface area (Å²) in [7, 11) is -2.25. The Hall–Kier alpha value is -2.46. The van der Waals surface area contributed by atoms with Crippen molar-refractivity contribution >= 4 is 27.3 Å². The molecule has 1 aliphatic heterocycles. The van der Waals surface area contributed by atoms with Gasteiger partial charge in [-0.15, -0.1) is 0 Å². The predicted molar refractivity (Wildman–Crippen MR) is 137 cm³/mol. The molecule has 1 aliphatic carbocycles. The first-order chi connectivity index (χ1) is 17.3. The molecule has 1 saturated heterocycles. The van der Waals surface area contributed by atoms with Crippen molar-refractivity contribution in [1.29, 1.82) is 0 Å². The van der Waals surface area contributed by atoms with E-state index >= 15 is 0 Å². The molecule has 2 aliphatic rings. The van der Waals surface area contributed by atoms with E-state index in [9.17, 15) is 12.8 Å². The largest absolute Gasteiger partial charge is 0.382 e. The summed E-state index contributed by atoms with van der Waals surface area (Å²) in [5, 5.41) is 8.22.